The Hall–Kier alpha value is -0.650. The topological polar surface area (TPSA) is 70.0 Å². The Morgan fingerprint density at radius 2 is 2.38 bits per heavy atom. The lowest BCUT2D eigenvalue weighted by Crippen LogP contribution is -2.46. The van der Waals surface area contributed by atoms with Crippen molar-refractivity contribution in [1.82, 2.24) is 4.90 Å². The number of carboxylic acid groups (broad SMARTS) is 1. The molecular weight excluding hydrogens is 210 g/mol. The van der Waals surface area contributed by atoms with Crippen molar-refractivity contribution in [2.24, 2.45) is 0 Å². The van der Waals surface area contributed by atoms with Crippen LogP contribution in [-0.2, 0) is 9.53 Å². The lowest BCUT2D eigenvalue weighted by atomic mass is 9.91. The van der Waals surface area contributed by atoms with Crippen LogP contribution in [0, 0.1) is 0 Å². The van der Waals surface area contributed by atoms with Gasteiger partial charge in [-0.2, -0.15) is 0 Å². The van der Waals surface area contributed by atoms with Gasteiger partial charge in [0.05, 0.1) is 11.7 Å². The van der Waals surface area contributed by atoms with E-state index in [0.717, 1.165) is 13.0 Å². The first kappa shape index (κ1) is 11.8. The van der Waals surface area contributed by atoms with E-state index in [2.05, 4.69) is 0 Å². The monoisotopic (exact) mass is 229 g/mol. The molecule has 2 saturated heterocycles. The molecule has 2 aliphatic rings. The SMILES string of the molecule is C[C@H](C(=O)O)N1CC[C@]2(C[C@@H](O)CCO2)C1. The van der Waals surface area contributed by atoms with Crippen LogP contribution in [0.25, 0.3) is 0 Å². The Balaban J connectivity index is 1.98. The van der Waals surface area contributed by atoms with E-state index in [4.69, 9.17) is 9.84 Å². The van der Waals surface area contributed by atoms with Crippen molar-refractivity contribution < 1.29 is 19.7 Å². The van der Waals surface area contributed by atoms with Gasteiger partial charge < -0.3 is 14.9 Å². The molecule has 0 aromatic heterocycles. The largest absolute Gasteiger partial charge is 0.480 e. The summed E-state index contributed by atoms with van der Waals surface area (Å²) < 4.78 is 5.76. The number of ether oxygens (including phenoxy) is 1. The van der Waals surface area contributed by atoms with Gasteiger partial charge in [-0.05, 0) is 19.8 Å². The fourth-order valence-corrected chi connectivity index (χ4v) is 2.65. The molecule has 0 aliphatic carbocycles. The maximum absolute atomic E-state index is 10.9. The third kappa shape index (κ3) is 2.21. The first-order valence-corrected chi connectivity index (χ1v) is 5.81. The van der Waals surface area contributed by atoms with Crippen molar-refractivity contribution in [3.8, 4) is 0 Å². The molecule has 0 aromatic carbocycles. The van der Waals surface area contributed by atoms with Gasteiger partial charge in [0.2, 0.25) is 0 Å². The molecule has 3 atom stereocenters. The van der Waals surface area contributed by atoms with Crippen LogP contribution in [0.2, 0.25) is 0 Å². The Bertz CT molecular complexity index is 283. The molecule has 0 amide bonds. The van der Waals surface area contributed by atoms with Crippen molar-refractivity contribution in [2.45, 2.75) is 43.9 Å². The van der Waals surface area contributed by atoms with Gasteiger partial charge in [-0.15, -0.1) is 0 Å². The summed E-state index contributed by atoms with van der Waals surface area (Å²) in [6, 6.07) is -0.470. The number of nitrogens with zero attached hydrogens (tertiary/aromatic N) is 1. The summed E-state index contributed by atoms with van der Waals surface area (Å²) in [7, 11) is 0. The van der Waals surface area contributed by atoms with E-state index in [1.807, 2.05) is 4.90 Å². The molecular formula is C11H19NO4. The van der Waals surface area contributed by atoms with Crippen LogP contribution in [0.15, 0.2) is 0 Å². The normalized spacial score (nSPS) is 37.8. The molecule has 5 heteroatoms. The van der Waals surface area contributed by atoms with Crippen LogP contribution in [0.1, 0.15) is 26.2 Å². The Morgan fingerprint density at radius 1 is 1.62 bits per heavy atom. The van der Waals surface area contributed by atoms with Crippen LogP contribution in [0.4, 0.5) is 0 Å². The zero-order chi connectivity index (χ0) is 11.8. The second-order valence-corrected chi connectivity index (χ2v) is 4.91. The molecule has 2 fully saturated rings. The number of carboxylic acids is 1. The quantitative estimate of drug-likeness (QED) is 0.701. The second kappa shape index (κ2) is 4.31. The average molecular weight is 229 g/mol. The Morgan fingerprint density at radius 3 is 3.00 bits per heavy atom. The molecule has 0 radical (unpaired) electrons. The summed E-state index contributed by atoms with van der Waals surface area (Å²) in [6.45, 7) is 3.63. The minimum atomic E-state index is -0.798. The van der Waals surface area contributed by atoms with Crippen molar-refractivity contribution in [3.63, 3.8) is 0 Å². The number of carbonyl (C=O) groups is 1. The van der Waals surface area contributed by atoms with E-state index >= 15 is 0 Å². The van der Waals surface area contributed by atoms with Crippen molar-refractivity contribution >= 4 is 5.97 Å². The van der Waals surface area contributed by atoms with Crippen LogP contribution in [0.5, 0.6) is 0 Å². The second-order valence-electron chi connectivity index (χ2n) is 4.91. The zero-order valence-corrected chi connectivity index (χ0v) is 9.56. The van der Waals surface area contributed by atoms with Crippen LogP contribution in [0.3, 0.4) is 0 Å². The van der Waals surface area contributed by atoms with Gasteiger partial charge in [-0.1, -0.05) is 0 Å². The first-order valence-electron chi connectivity index (χ1n) is 5.81. The van der Waals surface area contributed by atoms with Gasteiger partial charge in [-0.25, -0.2) is 0 Å². The van der Waals surface area contributed by atoms with E-state index < -0.39 is 12.0 Å². The van der Waals surface area contributed by atoms with Crippen LogP contribution in [-0.4, -0.2) is 58.5 Å². The summed E-state index contributed by atoms with van der Waals surface area (Å²) in [6.07, 6.45) is 1.85. The van der Waals surface area contributed by atoms with Gasteiger partial charge in [-0.3, -0.25) is 9.69 Å². The Kier molecular flexibility index (Phi) is 3.19. The molecule has 5 nitrogen and oxygen atoms in total. The third-order valence-electron chi connectivity index (χ3n) is 3.72. The molecule has 2 aliphatic heterocycles. The van der Waals surface area contributed by atoms with Gasteiger partial charge in [0.15, 0.2) is 0 Å². The smallest absolute Gasteiger partial charge is 0.320 e. The number of aliphatic carboxylic acids is 1. The maximum Gasteiger partial charge on any atom is 0.320 e. The summed E-state index contributed by atoms with van der Waals surface area (Å²) >= 11 is 0. The highest BCUT2D eigenvalue weighted by Crippen LogP contribution is 2.34. The lowest BCUT2D eigenvalue weighted by Gasteiger charge is -2.36. The number of rotatable bonds is 2. The fraction of sp³-hybridized carbons (Fsp3) is 0.909. The number of aliphatic hydroxyl groups excluding tert-OH is 1. The predicted molar refractivity (Wildman–Crippen MR) is 57.2 cm³/mol. The summed E-state index contributed by atoms with van der Waals surface area (Å²) in [5.74, 6) is -0.798. The highest BCUT2D eigenvalue weighted by atomic mass is 16.5. The average Bonchev–Trinajstić information content (AvgIpc) is 2.60. The number of likely N-dealkylation sites (tertiary alicyclic amines) is 1. The molecule has 92 valence electrons. The standard InChI is InChI=1S/C11H19NO4/c1-8(10(14)15)12-4-3-11(7-12)6-9(13)2-5-16-11/h8-9,13H,2-7H2,1H3,(H,14,15)/t8-,9+,11+/m1/s1. The van der Waals surface area contributed by atoms with Crippen molar-refractivity contribution in [1.29, 1.82) is 0 Å². The fourth-order valence-electron chi connectivity index (χ4n) is 2.65. The molecule has 0 unspecified atom stereocenters. The number of aliphatic hydroxyl groups is 1. The minimum Gasteiger partial charge on any atom is -0.480 e. The molecule has 2 N–H and O–H groups in total. The minimum absolute atomic E-state index is 0.297. The predicted octanol–water partition coefficient (Wildman–Crippen LogP) is 0.0753. The summed E-state index contributed by atoms with van der Waals surface area (Å²) in [5, 5.41) is 18.6. The molecule has 16 heavy (non-hydrogen) atoms. The van der Waals surface area contributed by atoms with Crippen molar-refractivity contribution in [2.75, 3.05) is 19.7 Å². The molecule has 2 heterocycles. The van der Waals surface area contributed by atoms with Gasteiger partial charge >= 0.3 is 5.97 Å². The number of hydrogen-bond donors (Lipinski definition) is 2. The van der Waals surface area contributed by atoms with Crippen LogP contribution >= 0.6 is 0 Å². The molecule has 0 bridgehead atoms. The van der Waals surface area contributed by atoms with Gasteiger partial charge in [0, 0.05) is 26.1 Å². The van der Waals surface area contributed by atoms with Gasteiger partial charge in [0.1, 0.15) is 6.04 Å². The third-order valence-corrected chi connectivity index (χ3v) is 3.72. The first-order chi connectivity index (χ1) is 7.52. The van der Waals surface area contributed by atoms with E-state index in [1.54, 1.807) is 6.92 Å². The summed E-state index contributed by atoms with van der Waals surface area (Å²) in [5.41, 5.74) is -0.304. The summed E-state index contributed by atoms with van der Waals surface area (Å²) in [4.78, 5) is 12.8. The lowest BCUT2D eigenvalue weighted by molar-refractivity contribution is -0.143. The molecule has 2 rings (SSSR count). The number of hydrogen-bond acceptors (Lipinski definition) is 4. The maximum atomic E-state index is 10.9. The van der Waals surface area contributed by atoms with E-state index in [1.165, 1.54) is 0 Å². The van der Waals surface area contributed by atoms with E-state index in [-0.39, 0.29) is 11.7 Å². The van der Waals surface area contributed by atoms with Crippen molar-refractivity contribution in [3.05, 3.63) is 0 Å². The van der Waals surface area contributed by atoms with Gasteiger partial charge in [0.25, 0.3) is 0 Å². The zero-order valence-electron chi connectivity index (χ0n) is 9.56. The van der Waals surface area contributed by atoms with E-state index in [9.17, 15) is 9.90 Å². The highest BCUT2D eigenvalue weighted by molar-refractivity contribution is 5.72. The molecule has 0 saturated carbocycles. The molecule has 1 spiro atoms. The molecule has 0 aromatic rings. The highest BCUT2D eigenvalue weighted by Gasteiger charge is 2.44. The Labute approximate surface area is 95.0 Å². The van der Waals surface area contributed by atoms with E-state index in [0.29, 0.717) is 26.0 Å². The van der Waals surface area contributed by atoms with Crippen LogP contribution < -0.4 is 0 Å².